The highest BCUT2D eigenvalue weighted by molar-refractivity contribution is 7.89. The Morgan fingerprint density at radius 3 is 2.11 bits per heavy atom. The molecule has 0 aliphatic heterocycles. The summed E-state index contributed by atoms with van der Waals surface area (Å²) >= 11 is 0. The molecule has 0 bridgehead atoms. The van der Waals surface area contributed by atoms with E-state index in [9.17, 15) is 13.2 Å². The summed E-state index contributed by atoms with van der Waals surface area (Å²) in [6.07, 6.45) is 0. The third-order valence-corrected chi connectivity index (χ3v) is 5.75. The van der Waals surface area contributed by atoms with Gasteiger partial charge in [-0.25, -0.2) is 8.42 Å². The van der Waals surface area contributed by atoms with E-state index in [1.54, 1.807) is 43.3 Å². The van der Waals surface area contributed by atoms with E-state index < -0.39 is 15.9 Å². The van der Waals surface area contributed by atoms with Crippen LogP contribution in [-0.2, 0) is 14.8 Å². The summed E-state index contributed by atoms with van der Waals surface area (Å²) in [6, 6.07) is 13.0. The van der Waals surface area contributed by atoms with Crippen molar-refractivity contribution in [1.82, 2.24) is 4.31 Å². The molecule has 0 aromatic heterocycles. The number of methoxy groups -OCH3 is 1. The molecule has 0 saturated carbocycles. The average molecular weight is 392 g/mol. The third-order valence-electron chi connectivity index (χ3n) is 3.82. The quantitative estimate of drug-likeness (QED) is 0.709. The van der Waals surface area contributed by atoms with Gasteiger partial charge < -0.3 is 14.8 Å². The van der Waals surface area contributed by atoms with Crippen LogP contribution in [0.3, 0.4) is 0 Å². The van der Waals surface area contributed by atoms with E-state index in [4.69, 9.17) is 9.47 Å². The maximum Gasteiger partial charge on any atom is 0.243 e. The van der Waals surface area contributed by atoms with Crippen LogP contribution in [0.25, 0.3) is 0 Å². The minimum Gasteiger partial charge on any atom is -0.497 e. The molecule has 0 unspecified atom stereocenters. The summed E-state index contributed by atoms with van der Waals surface area (Å²) in [7, 11) is -2.27. The average Bonchev–Trinajstić information content (AvgIpc) is 2.67. The number of benzene rings is 2. The number of rotatable bonds is 9. The fourth-order valence-corrected chi connectivity index (χ4v) is 3.83. The normalized spacial score (nSPS) is 11.3. The predicted octanol–water partition coefficient (Wildman–Crippen LogP) is 2.74. The first-order valence-electron chi connectivity index (χ1n) is 8.57. The van der Waals surface area contributed by atoms with Crippen LogP contribution in [0, 0.1) is 0 Å². The lowest BCUT2D eigenvalue weighted by Gasteiger charge is -2.20. The Balaban J connectivity index is 2.06. The molecular weight excluding hydrogens is 368 g/mol. The van der Waals surface area contributed by atoms with Crippen LogP contribution in [0.2, 0.25) is 0 Å². The monoisotopic (exact) mass is 392 g/mol. The zero-order valence-corrected chi connectivity index (χ0v) is 16.5. The molecule has 27 heavy (non-hydrogen) atoms. The number of hydrogen-bond acceptors (Lipinski definition) is 5. The first-order valence-corrected chi connectivity index (χ1v) is 10.0. The van der Waals surface area contributed by atoms with Gasteiger partial charge in [0, 0.05) is 12.2 Å². The fourth-order valence-electron chi connectivity index (χ4n) is 2.43. The van der Waals surface area contributed by atoms with Gasteiger partial charge in [-0.2, -0.15) is 4.31 Å². The van der Waals surface area contributed by atoms with Crippen molar-refractivity contribution in [3.8, 4) is 11.5 Å². The van der Waals surface area contributed by atoms with Gasteiger partial charge in [0.15, 0.2) is 0 Å². The Morgan fingerprint density at radius 2 is 1.59 bits per heavy atom. The van der Waals surface area contributed by atoms with Crippen LogP contribution in [0.4, 0.5) is 5.69 Å². The Morgan fingerprint density at radius 1 is 1.00 bits per heavy atom. The summed E-state index contributed by atoms with van der Waals surface area (Å²) in [5, 5.41) is 2.70. The molecule has 7 nitrogen and oxygen atoms in total. The van der Waals surface area contributed by atoms with Crippen molar-refractivity contribution >= 4 is 21.6 Å². The number of likely N-dealkylation sites (N-methyl/N-ethyl adjacent to an activating group) is 1. The second-order valence-electron chi connectivity index (χ2n) is 5.61. The van der Waals surface area contributed by atoms with Crippen LogP contribution in [0.5, 0.6) is 11.5 Å². The van der Waals surface area contributed by atoms with Gasteiger partial charge in [0.25, 0.3) is 0 Å². The van der Waals surface area contributed by atoms with Crippen LogP contribution in [0.15, 0.2) is 53.4 Å². The lowest BCUT2D eigenvalue weighted by molar-refractivity contribution is -0.116. The number of ether oxygens (including phenoxy) is 2. The molecular formula is C19H24N2O5S. The number of hydrogen-bond donors (Lipinski definition) is 1. The molecule has 2 rings (SSSR count). The van der Waals surface area contributed by atoms with Gasteiger partial charge in [-0.3, -0.25) is 4.79 Å². The van der Waals surface area contributed by atoms with Gasteiger partial charge in [-0.05, 0) is 55.5 Å². The number of amides is 1. The number of carbonyl (C=O) groups is 1. The lowest BCUT2D eigenvalue weighted by Crippen LogP contribution is -2.37. The minimum absolute atomic E-state index is 0.110. The standard InChI is InChI=1S/C19H24N2O5S/c1-4-21(27(23,24)18-12-10-16(25-3)11-13-18)14-19(22)20-15-6-8-17(9-7-15)26-5-2/h6-13H,4-5,14H2,1-3H3,(H,20,22). The highest BCUT2D eigenvalue weighted by atomic mass is 32.2. The summed E-state index contributed by atoms with van der Waals surface area (Å²) in [4.78, 5) is 12.4. The zero-order valence-electron chi connectivity index (χ0n) is 15.6. The maximum atomic E-state index is 12.8. The lowest BCUT2D eigenvalue weighted by atomic mass is 10.3. The topological polar surface area (TPSA) is 84.9 Å². The first kappa shape index (κ1) is 20.7. The minimum atomic E-state index is -3.78. The highest BCUT2D eigenvalue weighted by Gasteiger charge is 2.25. The number of carbonyl (C=O) groups excluding carboxylic acids is 1. The van der Waals surface area contributed by atoms with Crippen LogP contribution in [-0.4, -0.2) is 45.4 Å². The molecule has 2 aromatic rings. The van der Waals surface area contributed by atoms with Gasteiger partial charge in [-0.1, -0.05) is 6.92 Å². The maximum absolute atomic E-state index is 12.8. The van der Waals surface area contributed by atoms with Gasteiger partial charge in [0.1, 0.15) is 11.5 Å². The second-order valence-corrected chi connectivity index (χ2v) is 7.55. The van der Waals surface area contributed by atoms with Crippen molar-refractivity contribution in [2.45, 2.75) is 18.7 Å². The molecule has 2 aromatic carbocycles. The Bertz CT molecular complexity index is 849. The van der Waals surface area contributed by atoms with Crippen molar-refractivity contribution in [3.05, 3.63) is 48.5 Å². The van der Waals surface area contributed by atoms with E-state index >= 15 is 0 Å². The molecule has 146 valence electrons. The van der Waals surface area contributed by atoms with Crippen molar-refractivity contribution in [2.75, 3.05) is 32.1 Å². The molecule has 1 amide bonds. The molecule has 0 radical (unpaired) electrons. The molecule has 0 aliphatic rings. The fraction of sp³-hybridized carbons (Fsp3) is 0.316. The van der Waals surface area contributed by atoms with Gasteiger partial charge in [0.2, 0.25) is 15.9 Å². The van der Waals surface area contributed by atoms with E-state index in [-0.39, 0.29) is 18.0 Å². The molecule has 8 heteroatoms. The molecule has 0 saturated heterocycles. The van der Waals surface area contributed by atoms with Crippen molar-refractivity contribution in [3.63, 3.8) is 0 Å². The van der Waals surface area contributed by atoms with Gasteiger partial charge in [0.05, 0.1) is 25.2 Å². The number of nitrogens with one attached hydrogen (secondary N) is 1. The largest absolute Gasteiger partial charge is 0.497 e. The summed E-state index contributed by atoms with van der Waals surface area (Å²) in [6.45, 7) is 4.02. The third kappa shape index (κ3) is 5.45. The Hall–Kier alpha value is -2.58. The number of anilines is 1. The van der Waals surface area contributed by atoms with Crippen LogP contribution in [0.1, 0.15) is 13.8 Å². The van der Waals surface area contributed by atoms with Crippen LogP contribution >= 0.6 is 0 Å². The molecule has 1 N–H and O–H groups in total. The van der Waals surface area contributed by atoms with Crippen molar-refractivity contribution in [1.29, 1.82) is 0 Å². The number of nitrogens with zero attached hydrogens (tertiary/aromatic N) is 1. The van der Waals surface area contributed by atoms with Crippen molar-refractivity contribution < 1.29 is 22.7 Å². The van der Waals surface area contributed by atoms with E-state index in [0.29, 0.717) is 23.8 Å². The Labute approximate surface area is 160 Å². The summed E-state index contributed by atoms with van der Waals surface area (Å²) in [5.74, 6) is 0.844. The molecule has 0 fully saturated rings. The van der Waals surface area contributed by atoms with E-state index in [0.717, 1.165) is 4.31 Å². The predicted molar refractivity (Wildman–Crippen MR) is 104 cm³/mol. The van der Waals surface area contributed by atoms with Crippen LogP contribution < -0.4 is 14.8 Å². The SMILES string of the molecule is CCOc1ccc(NC(=O)CN(CC)S(=O)(=O)c2ccc(OC)cc2)cc1. The first-order chi connectivity index (χ1) is 12.9. The smallest absolute Gasteiger partial charge is 0.243 e. The molecule has 0 aliphatic carbocycles. The molecule has 0 atom stereocenters. The zero-order chi connectivity index (χ0) is 19.9. The van der Waals surface area contributed by atoms with E-state index in [1.165, 1.54) is 19.2 Å². The van der Waals surface area contributed by atoms with Crippen molar-refractivity contribution in [2.24, 2.45) is 0 Å². The van der Waals surface area contributed by atoms with E-state index in [1.807, 2.05) is 6.92 Å². The second kappa shape index (κ2) is 9.38. The molecule has 0 spiro atoms. The van der Waals surface area contributed by atoms with Gasteiger partial charge in [-0.15, -0.1) is 0 Å². The number of sulfonamides is 1. The molecule has 0 heterocycles. The van der Waals surface area contributed by atoms with Gasteiger partial charge >= 0.3 is 0 Å². The highest BCUT2D eigenvalue weighted by Crippen LogP contribution is 2.20. The summed E-state index contributed by atoms with van der Waals surface area (Å²) < 4.78 is 37.0. The summed E-state index contributed by atoms with van der Waals surface area (Å²) in [5.41, 5.74) is 0.571. The van der Waals surface area contributed by atoms with E-state index in [2.05, 4.69) is 5.32 Å². The Kier molecular flexibility index (Phi) is 7.20.